The number of carbonyl (C=O) groups excluding carboxylic acids is 2. The van der Waals surface area contributed by atoms with Gasteiger partial charge in [-0.1, -0.05) is 25.0 Å². The van der Waals surface area contributed by atoms with E-state index in [1.165, 1.54) is 31.2 Å². The van der Waals surface area contributed by atoms with Gasteiger partial charge in [0.15, 0.2) is 0 Å². The molecule has 2 aliphatic heterocycles. The average molecular weight is 356 g/mol. The molecule has 3 fully saturated rings. The fourth-order valence-corrected chi connectivity index (χ4v) is 5.24. The molecule has 0 aromatic heterocycles. The highest BCUT2D eigenvalue weighted by molar-refractivity contribution is 6.02. The number of carbonyl (C=O) groups is 2. The predicted molar refractivity (Wildman–Crippen MR) is 101 cm³/mol. The number of nitrogens with two attached hydrogens (primary N) is 1. The second-order valence-electron chi connectivity index (χ2n) is 8.20. The summed E-state index contributed by atoms with van der Waals surface area (Å²) in [6.07, 6.45) is 6.33. The van der Waals surface area contributed by atoms with Gasteiger partial charge in [0.1, 0.15) is 5.54 Å². The van der Waals surface area contributed by atoms with Gasteiger partial charge in [-0.3, -0.25) is 14.6 Å². The van der Waals surface area contributed by atoms with Gasteiger partial charge in [-0.15, -0.1) is 0 Å². The van der Waals surface area contributed by atoms with Crippen molar-refractivity contribution in [1.29, 1.82) is 0 Å². The van der Waals surface area contributed by atoms with Crippen LogP contribution in [0.4, 0.5) is 10.5 Å². The number of benzene rings is 1. The molecule has 6 nitrogen and oxygen atoms in total. The minimum atomic E-state index is -0.827. The molecule has 1 aliphatic carbocycles. The zero-order chi connectivity index (χ0) is 18.5. The molecule has 4 rings (SSSR count). The summed E-state index contributed by atoms with van der Waals surface area (Å²) in [7, 11) is 4.29. The van der Waals surface area contributed by atoms with Crippen LogP contribution >= 0.6 is 0 Å². The van der Waals surface area contributed by atoms with Crippen LogP contribution in [-0.2, 0) is 10.3 Å². The molecular weight excluding hydrogens is 328 g/mol. The molecule has 1 saturated carbocycles. The highest BCUT2D eigenvalue weighted by atomic mass is 16.2. The highest BCUT2D eigenvalue weighted by Crippen LogP contribution is 2.44. The van der Waals surface area contributed by atoms with E-state index in [-0.39, 0.29) is 17.5 Å². The Bertz CT molecular complexity index is 724. The largest absolute Gasteiger partial charge is 0.368 e. The van der Waals surface area contributed by atoms with Crippen molar-refractivity contribution in [3.63, 3.8) is 0 Å². The fraction of sp³-hybridized carbons (Fsp3) is 0.600. The number of anilines is 1. The van der Waals surface area contributed by atoms with Crippen LogP contribution in [0.25, 0.3) is 0 Å². The Labute approximate surface area is 154 Å². The number of amides is 3. The Morgan fingerprint density at radius 3 is 2.27 bits per heavy atom. The minimum absolute atomic E-state index is 0.0992. The minimum Gasteiger partial charge on any atom is -0.368 e. The number of urea groups is 1. The highest BCUT2D eigenvalue weighted by Gasteiger charge is 2.56. The van der Waals surface area contributed by atoms with E-state index in [1.807, 2.05) is 12.1 Å². The molecule has 2 N–H and O–H groups in total. The van der Waals surface area contributed by atoms with Crippen molar-refractivity contribution in [1.82, 2.24) is 9.80 Å². The number of rotatable bonds is 4. The van der Waals surface area contributed by atoms with Crippen molar-refractivity contribution in [3.05, 3.63) is 29.8 Å². The smallest absolute Gasteiger partial charge is 0.325 e. The summed E-state index contributed by atoms with van der Waals surface area (Å²) in [5.74, 6) is -0.389. The lowest BCUT2D eigenvalue weighted by Gasteiger charge is -2.37. The number of nitrogens with zero attached hydrogens (tertiary/aromatic N) is 3. The van der Waals surface area contributed by atoms with Gasteiger partial charge in [0, 0.05) is 17.8 Å². The SMILES string of the molecule is CN(C)C1(c2ccc(N3C[C@@]4(C(N)=O)CCCN4C3=O)cc2)CCCC1. The van der Waals surface area contributed by atoms with Crippen LogP contribution < -0.4 is 10.6 Å². The van der Waals surface area contributed by atoms with Crippen LogP contribution in [0, 0.1) is 0 Å². The molecule has 1 aromatic carbocycles. The molecule has 2 heterocycles. The van der Waals surface area contributed by atoms with Crippen molar-refractivity contribution in [2.45, 2.75) is 49.6 Å². The summed E-state index contributed by atoms with van der Waals surface area (Å²) in [4.78, 5) is 30.6. The molecule has 1 aromatic rings. The first-order chi connectivity index (χ1) is 12.4. The third-order valence-corrected chi connectivity index (χ3v) is 6.83. The summed E-state index contributed by atoms with van der Waals surface area (Å²) < 4.78 is 0. The summed E-state index contributed by atoms with van der Waals surface area (Å²) in [6.45, 7) is 0.972. The number of hydrogen-bond donors (Lipinski definition) is 1. The van der Waals surface area contributed by atoms with Gasteiger partial charge in [-0.25, -0.2) is 4.79 Å². The van der Waals surface area contributed by atoms with Crippen LogP contribution in [0.5, 0.6) is 0 Å². The summed E-state index contributed by atoms with van der Waals surface area (Å²) in [6, 6.07) is 8.24. The lowest BCUT2D eigenvalue weighted by Crippen LogP contribution is -2.52. The van der Waals surface area contributed by atoms with E-state index in [9.17, 15) is 9.59 Å². The van der Waals surface area contributed by atoms with E-state index in [1.54, 1.807) is 9.80 Å². The molecule has 0 unspecified atom stereocenters. The van der Waals surface area contributed by atoms with Crippen molar-refractivity contribution < 1.29 is 9.59 Å². The lowest BCUT2D eigenvalue weighted by molar-refractivity contribution is -0.125. The number of hydrogen-bond acceptors (Lipinski definition) is 3. The lowest BCUT2D eigenvalue weighted by atomic mass is 9.87. The van der Waals surface area contributed by atoms with E-state index in [4.69, 9.17) is 5.73 Å². The van der Waals surface area contributed by atoms with Gasteiger partial charge in [-0.05, 0) is 57.5 Å². The normalized spacial score (nSPS) is 27.4. The maximum absolute atomic E-state index is 12.8. The molecular formula is C20H28N4O2. The molecule has 0 radical (unpaired) electrons. The van der Waals surface area contributed by atoms with E-state index in [0.29, 0.717) is 19.5 Å². The Balaban J connectivity index is 1.62. The van der Waals surface area contributed by atoms with Crippen LogP contribution in [0.15, 0.2) is 24.3 Å². The Hall–Kier alpha value is -2.08. The van der Waals surface area contributed by atoms with Crippen LogP contribution in [0.2, 0.25) is 0 Å². The zero-order valence-corrected chi connectivity index (χ0v) is 15.7. The monoisotopic (exact) mass is 356 g/mol. The van der Waals surface area contributed by atoms with Crippen molar-refractivity contribution >= 4 is 17.6 Å². The first-order valence-electron chi connectivity index (χ1n) is 9.58. The second kappa shape index (κ2) is 5.98. The summed E-state index contributed by atoms with van der Waals surface area (Å²) in [5, 5.41) is 0. The average Bonchev–Trinajstić information content (AvgIpc) is 3.32. The van der Waals surface area contributed by atoms with Gasteiger partial charge in [0.2, 0.25) is 5.91 Å². The van der Waals surface area contributed by atoms with Gasteiger partial charge >= 0.3 is 6.03 Å². The molecule has 3 aliphatic rings. The van der Waals surface area contributed by atoms with Crippen molar-refractivity contribution in [2.75, 3.05) is 32.1 Å². The predicted octanol–water partition coefficient (Wildman–Crippen LogP) is 2.28. The van der Waals surface area contributed by atoms with E-state index in [0.717, 1.165) is 12.1 Å². The second-order valence-corrected chi connectivity index (χ2v) is 8.20. The molecule has 6 heteroatoms. The standard InChI is InChI=1S/C20H28N4O2/c1-22(2)19(10-3-4-11-19)15-6-8-16(9-7-15)23-14-20(17(21)25)12-5-13-24(20)18(23)26/h6-9H,3-5,10-14H2,1-2H3,(H2,21,25)/t20-/m1/s1. The Morgan fingerprint density at radius 2 is 1.73 bits per heavy atom. The van der Waals surface area contributed by atoms with Crippen LogP contribution in [0.3, 0.4) is 0 Å². The van der Waals surface area contributed by atoms with E-state index < -0.39 is 5.54 Å². The van der Waals surface area contributed by atoms with Crippen molar-refractivity contribution in [2.24, 2.45) is 5.73 Å². The number of fused-ring (bicyclic) bond motifs is 1. The molecule has 1 atom stereocenters. The Morgan fingerprint density at radius 1 is 1.08 bits per heavy atom. The first-order valence-corrected chi connectivity index (χ1v) is 9.58. The maximum Gasteiger partial charge on any atom is 0.325 e. The first kappa shape index (κ1) is 17.3. The third-order valence-electron chi connectivity index (χ3n) is 6.83. The number of primary amides is 1. The Kier molecular flexibility index (Phi) is 3.99. The van der Waals surface area contributed by atoms with Crippen molar-refractivity contribution in [3.8, 4) is 0 Å². The van der Waals surface area contributed by atoms with Gasteiger partial charge in [-0.2, -0.15) is 0 Å². The van der Waals surface area contributed by atoms with E-state index >= 15 is 0 Å². The molecule has 140 valence electrons. The van der Waals surface area contributed by atoms with Gasteiger partial charge < -0.3 is 10.6 Å². The van der Waals surface area contributed by atoms with Crippen LogP contribution in [0.1, 0.15) is 44.1 Å². The summed E-state index contributed by atoms with van der Waals surface area (Å²) >= 11 is 0. The maximum atomic E-state index is 12.8. The molecule has 0 spiro atoms. The fourth-order valence-electron chi connectivity index (χ4n) is 5.24. The molecule has 26 heavy (non-hydrogen) atoms. The topological polar surface area (TPSA) is 69.9 Å². The third kappa shape index (κ3) is 2.28. The van der Waals surface area contributed by atoms with Gasteiger partial charge in [0.05, 0.1) is 6.54 Å². The van der Waals surface area contributed by atoms with E-state index in [2.05, 4.69) is 31.1 Å². The quantitative estimate of drug-likeness (QED) is 0.900. The van der Waals surface area contributed by atoms with Gasteiger partial charge in [0.25, 0.3) is 0 Å². The zero-order valence-electron chi connectivity index (χ0n) is 15.7. The molecule has 3 amide bonds. The summed E-state index contributed by atoms with van der Waals surface area (Å²) in [5.41, 5.74) is 7.09. The molecule has 0 bridgehead atoms. The van der Waals surface area contributed by atoms with Crippen LogP contribution in [-0.4, -0.2) is 54.5 Å². The molecule has 2 saturated heterocycles.